The minimum atomic E-state index is -0.201. The van der Waals surface area contributed by atoms with Crippen LogP contribution in [0.3, 0.4) is 0 Å². The Kier molecular flexibility index (Phi) is 5.54. The Morgan fingerprint density at radius 3 is 2.97 bits per heavy atom. The molecule has 5 rings (SSSR count). The molecule has 1 aliphatic carbocycles. The summed E-state index contributed by atoms with van der Waals surface area (Å²) < 4.78 is 7.20. The first-order chi connectivity index (χ1) is 15.9. The number of amides is 1. The number of hydrogen-bond donors (Lipinski definition) is 2. The number of pyridine rings is 2. The van der Waals surface area contributed by atoms with Gasteiger partial charge in [-0.3, -0.25) is 14.6 Å². The van der Waals surface area contributed by atoms with Gasteiger partial charge in [0.1, 0.15) is 16.7 Å². The molecule has 3 aromatic heterocycles. The average molecular weight is 466 g/mol. The van der Waals surface area contributed by atoms with E-state index in [-0.39, 0.29) is 23.4 Å². The maximum atomic E-state index is 13.6. The molecule has 3 heterocycles. The molecule has 9 heteroatoms. The van der Waals surface area contributed by atoms with Gasteiger partial charge in [-0.1, -0.05) is 29.2 Å². The second-order valence-electron chi connectivity index (χ2n) is 8.67. The third kappa shape index (κ3) is 3.84. The molecule has 1 amide bonds. The minimum Gasteiger partial charge on any atom is -0.397 e. The fraction of sp³-hybridized carbons (Fsp3) is 0.333. The molecule has 1 saturated carbocycles. The Balaban J connectivity index is 1.45. The predicted molar refractivity (Wildman–Crippen MR) is 127 cm³/mol. The van der Waals surface area contributed by atoms with Crippen molar-refractivity contribution in [2.24, 2.45) is 5.92 Å². The van der Waals surface area contributed by atoms with E-state index < -0.39 is 0 Å². The fourth-order valence-electron chi connectivity index (χ4n) is 4.94. The van der Waals surface area contributed by atoms with E-state index in [0.717, 1.165) is 36.6 Å². The number of hydrogen-bond acceptors (Lipinski definition) is 6. The number of nitrogens with one attached hydrogen (secondary N) is 1. The van der Waals surface area contributed by atoms with Gasteiger partial charge < -0.3 is 20.1 Å². The second kappa shape index (κ2) is 8.51. The molecule has 0 bridgehead atoms. The van der Waals surface area contributed by atoms with Crippen molar-refractivity contribution < 1.29 is 9.32 Å². The van der Waals surface area contributed by atoms with Gasteiger partial charge in [0.25, 0.3) is 11.5 Å². The van der Waals surface area contributed by atoms with Crippen molar-refractivity contribution in [1.82, 2.24) is 20.0 Å². The van der Waals surface area contributed by atoms with Crippen LogP contribution in [0.4, 0.5) is 5.69 Å². The Morgan fingerprint density at radius 1 is 1.30 bits per heavy atom. The summed E-state index contributed by atoms with van der Waals surface area (Å²) in [5, 5.41) is 8.86. The first-order valence-electron chi connectivity index (χ1n) is 11.0. The number of carbonyl (C=O) groups is 1. The number of rotatable bonds is 4. The number of nitrogens with two attached hydrogens (primary N) is 1. The van der Waals surface area contributed by atoms with E-state index in [1.54, 1.807) is 19.1 Å². The van der Waals surface area contributed by atoms with Gasteiger partial charge in [-0.25, -0.2) is 0 Å². The molecule has 0 radical (unpaired) electrons. The van der Waals surface area contributed by atoms with Gasteiger partial charge in [0.2, 0.25) is 0 Å². The summed E-state index contributed by atoms with van der Waals surface area (Å²) in [6.45, 7) is 2.26. The van der Waals surface area contributed by atoms with Crippen molar-refractivity contribution in [1.29, 1.82) is 0 Å². The lowest BCUT2D eigenvalue weighted by atomic mass is 9.85. The quantitative estimate of drug-likeness (QED) is 0.465. The summed E-state index contributed by atoms with van der Waals surface area (Å²) in [4.78, 5) is 30.1. The molecule has 0 aliphatic heterocycles. The first kappa shape index (κ1) is 21.5. The first-order valence-corrected chi connectivity index (χ1v) is 11.4. The summed E-state index contributed by atoms with van der Waals surface area (Å²) in [6, 6.07) is 7.15. The number of nitrogens with zero attached hydrogens (tertiary/aromatic N) is 3. The number of aryl methyl sites for hydroxylation is 1. The average Bonchev–Trinajstić information content (AvgIpc) is 3.19. The van der Waals surface area contributed by atoms with Crippen molar-refractivity contribution >= 4 is 45.0 Å². The predicted octanol–water partition coefficient (Wildman–Crippen LogP) is 4.24. The number of carbonyl (C=O) groups excluding carboxylic acids is 1. The fourth-order valence-corrected chi connectivity index (χ4v) is 5.20. The van der Waals surface area contributed by atoms with Crippen molar-refractivity contribution in [2.75, 3.05) is 12.3 Å². The van der Waals surface area contributed by atoms with Crippen LogP contribution in [0.1, 0.15) is 47.8 Å². The van der Waals surface area contributed by atoms with Gasteiger partial charge in [-0.05, 0) is 50.3 Å². The molecule has 33 heavy (non-hydrogen) atoms. The highest BCUT2D eigenvalue weighted by atomic mass is 35.5. The minimum absolute atomic E-state index is 0.0122. The molecular formula is C24H24ClN5O3. The molecule has 170 valence electrons. The number of halogens is 1. The van der Waals surface area contributed by atoms with E-state index in [2.05, 4.69) is 15.5 Å². The molecule has 2 unspecified atom stereocenters. The topological polar surface area (TPSA) is 116 Å². The smallest absolute Gasteiger partial charge is 0.264 e. The molecule has 4 aromatic rings. The number of nitrogen functional groups attached to an aromatic ring is 1. The molecule has 0 saturated heterocycles. The summed E-state index contributed by atoms with van der Waals surface area (Å²) in [5.74, 6) is 0.524. The van der Waals surface area contributed by atoms with Crippen molar-refractivity contribution in [3.8, 4) is 0 Å². The van der Waals surface area contributed by atoms with Crippen LogP contribution >= 0.6 is 11.6 Å². The Bertz CT molecular complexity index is 1430. The van der Waals surface area contributed by atoms with Gasteiger partial charge in [-0.2, -0.15) is 0 Å². The summed E-state index contributed by atoms with van der Waals surface area (Å²) >= 11 is 6.53. The lowest BCUT2D eigenvalue weighted by molar-refractivity contribution is 0.0940. The molecule has 0 spiro atoms. The van der Waals surface area contributed by atoms with E-state index in [1.807, 2.05) is 16.7 Å². The molecule has 1 fully saturated rings. The summed E-state index contributed by atoms with van der Waals surface area (Å²) in [7, 11) is 0. The van der Waals surface area contributed by atoms with Crippen LogP contribution in [0.5, 0.6) is 0 Å². The van der Waals surface area contributed by atoms with Crippen LogP contribution in [0.15, 0.2) is 46.0 Å². The van der Waals surface area contributed by atoms with Gasteiger partial charge in [-0.15, -0.1) is 0 Å². The molecular weight excluding hydrogens is 442 g/mol. The van der Waals surface area contributed by atoms with E-state index >= 15 is 0 Å². The van der Waals surface area contributed by atoms with Crippen LogP contribution in [-0.4, -0.2) is 27.2 Å². The highest BCUT2D eigenvalue weighted by Crippen LogP contribution is 2.36. The number of aromatic nitrogens is 3. The highest BCUT2D eigenvalue weighted by Gasteiger charge is 2.28. The van der Waals surface area contributed by atoms with E-state index in [4.69, 9.17) is 21.9 Å². The zero-order valence-corrected chi connectivity index (χ0v) is 18.9. The van der Waals surface area contributed by atoms with Gasteiger partial charge in [0.15, 0.2) is 0 Å². The zero-order chi connectivity index (χ0) is 23.1. The maximum Gasteiger partial charge on any atom is 0.264 e. The molecule has 3 N–H and O–H groups in total. The van der Waals surface area contributed by atoms with E-state index in [9.17, 15) is 9.59 Å². The third-order valence-corrected chi connectivity index (χ3v) is 6.79. The lowest BCUT2D eigenvalue weighted by Gasteiger charge is -2.31. The lowest BCUT2D eigenvalue weighted by Crippen LogP contribution is -2.34. The SMILES string of the molecule is Cc1onc2c1c(=O)n(C1CCCC(CNC(=O)c3cncc(N)c3)C1)c1cccc(Cl)c21. The number of fused-ring (bicyclic) bond motifs is 3. The zero-order valence-electron chi connectivity index (χ0n) is 18.2. The van der Waals surface area contributed by atoms with Crippen LogP contribution in [0.25, 0.3) is 21.8 Å². The van der Waals surface area contributed by atoms with Crippen LogP contribution in [0.2, 0.25) is 5.02 Å². The Hall–Kier alpha value is -3.39. The third-order valence-electron chi connectivity index (χ3n) is 6.48. The second-order valence-corrected chi connectivity index (χ2v) is 9.08. The van der Waals surface area contributed by atoms with Crippen molar-refractivity contribution in [3.05, 3.63) is 63.4 Å². The highest BCUT2D eigenvalue weighted by molar-refractivity contribution is 6.37. The van der Waals surface area contributed by atoms with Gasteiger partial charge in [0.05, 0.1) is 21.8 Å². The molecule has 8 nitrogen and oxygen atoms in total. The van der Waals surface area contributed by atoms with Gasteiger partial charge >= 0.3 is 0 Å². The maximum absolute atomic E-state index is 13.6. The van der Waals surface area contributed by atoms with Gasteiger partial charge in [0, 0.05) is 30.4 Å². The van der Waals surface area contributed by atoms with Crippen LogP contribution < -0.4 is 16.6 Å². The van der Waals surface area contributed by atoms with E-state index in [0.29, 0.717) is 39.5 Å². The van der Waals surface area contributed by atoms with Crippen molar-refractivity contribution in [2.45, 2.75) is 38.6 Å². The largest absolute Gasteiger partial charge is 0.397 e. The van der Waals surface area contributed by atoms with Crippen molar-refractivity contribution in [3.63, 3.8) is 0 Å². The number of anilines is 1. The Labute approximate surface area is 194 Å². The molecule has 2 atom stereocenters. The standard InChI is InChI=1S/C24H24ClN5O3/c1-13-20-22(29-33-13)21-18(25)6-3-7-19(21)30(24(20)32)17-5-2-4-14(8-17)10-28-23(31)15-9-16(26)12-27-11-15/h3,6-7,9,11-12,14,17H,2,4-5,8,10,26H2,1H3,(H,28,31). The van der Waals surface area contributed by atoms with Crippen LogP contribution in [0, 0.1) is 12.8 Å². The van der Waals surface area contributed by atoms with Crippen LogP contribution in [-0.2, 0) is 0 Å². The van der Waals surface area contributed by atoms with E-state index in [1.165, 1.54) is 12.4 Å². The monoisotopic (exact) mass is 465 g/mol. The summed E-state index contributed by atoms with van der Waals surface area (Å²) in [5.41, 5.74) is 7.77. The molecule has 1 aromatic carbocycles. The number of benzene rings is 1. The normalized spacial score (nSPS) is 18.6. The Morgan fingerprint density at radius 2 is 2.15 bits per heavy atom. The summed E-state index contributed by atoms with van der Waals surface area (Å²) in [6.07, 6.45) is 6.59. The molecule has 1 aliphatic rings.